The van der Waals surface area contributed by atoms with Crippen LogP contribution in [0.25, 0.3) is 126 Å². The number of nitrogens with zero attached hydrogens (tertiary/aromatic N) is 5. The molecule has 280 valence electrons. The van der Waals surface area contributed by atoms with E-state index in [1.165, 1.54) is 0 Å². The highest BCUT2D eigenvalue weighted by Crippen LogP contribution is 2.54. The van der Waals surface area contributed by atoms with E-state index in [0.717, 1.165) is 104 Å². The number of pyridine rings is 1. The van der Waals surface area contributed by atoms with Gasteiger partial charge in [-0.1, -0.05) is 133 Å². The van der Waals surface area contributed by atoms with Gasteiger partial charge in [0.1, 0.15) is 11.7 Å². The van der Waals surface area contributed by atoms with Crippen LogP contribution in [0.5, 0.6) is 0 Å². The summed E-state index contributed by atoms with van der Waals surface area (Å²) < 4.78 is 11.4. The van der Waals surface area contributed by atoms with Crippen molar-refractivity contribution in [3.8, 4) is 39.7 Å². The molecule has 0 unspecified atom stereocenters. The van der Waals surface area contributed by atoms with Crippen molar-refractivity contribution in [3.05, 3.63) is 193 Å². The normalized spacial score (nSPS) is 11.9. The van der Waals surface area contributed by atoms with Gasteiger partial charge >= 0.3 is 0 Å². The first-order chi connectivity index (χ1) is 30.2. The van der Waals surface area contributed by atoms with Gasteiger partial charge in [-0.25, -0.2) is 4.85 Å². The number of nitriles is 1. The highest BCUT2D eigenvalue weighted by Gasteiger charge is 2.33. The Morgan fingerprint density at radius 3 is 1.87 bits per heavy atom. The summed E-state index contributed by atoms with van der Waals surface area (Å²) in [5.74, 6) is 0. The Bertz CT molecular complexity index is 3980. The average Bonchev–Trinajstić information content (AvgIpc) is 3.99. The first-order valence-electron chi connectivity index (χ1n) is 20.2. The number of aromatic nitrogens is 3. The van der Waals surface area contributed by atoms with Crippen molar-refractivity contribution in [2.75, 3.05) is 0 Å². The Labute approximate surface area is 348 Å². The average molecular weight is 776 g/mol. The number of fused-ring (bicyclic) bond motifs is 10. The first kappa shape index (κ1) is 33.3. The lowest BCUT2D eigenvalue weighted by Gasteiger charge is -2.25. The van der Waals surface area contributed by atoms with Gasteiger partial charge in [0.25, 0.3) is 0 Å². The van der Waals surface area contributed by atoms with Crippen LogP contribution in [0.1, 0.15) is 5.56 Å². The summed E-state index contributed by atoms with van der Waals surface area (Å²) in [7, 11) is 0. The second-order valence-electron chi connectivity index (χ2n) is 15.6. The maximum absolute atomic E-state index is 11.8. The molecule has 13 rings (SSSR count). The number of hydrogen-bond donors (Lipinski definition) is 0. The Kier molecular flexibility index (Phi) is 6.76. The number of hydrogen-bond acceptors (Lipinski definition) is 3. The number of furan rings is 1. The van der Waals surface area contributed by atoms with E-state index in [1.54, 1.807) is 0 Å². The summed E-state index contributed by atoms with van der Waals surface area (Å²) in [4.78, 5) is 9.40. The zero-order valence-corrected chi connectivity index (χ0v) is 32.4. The summed E-state index contributed by atoms with van der Waals surface area (Å²) in [5, 5.41) is 21.2. The lowest BCUT2D eigenvalue weighted by Crippen LogP contribution is -2.08. The molecule has 6 heteroatoms. The van der Waals surface area contributed by atoms with Gasteiger partial charge in [-0.05, 0) is 52.9 Å². The third-order valence-electron chi connectivity index (χ3n) is 12.6. The highest BCUT2D eigenvalue weighted by atomic mass is 16.3. The molecule has 0 N–H and O–H groups in total. The van der Waals surface area contributed by atoms with Gasteiger partial charge in [-0.15, -0.1) is 0 Å². The maximum atomic E-state index is 11.8. The van der Waals surface area contributed by atoms with Gasteiger partial charge in [0.2, 0.25) is 5.69 Å². The molecule has 0 atom stereocenters. The molecule has 0 aliphatic heterocycles. The predicted octanol–water partition coefficient (Wildman–Crippen LogP) is 14.7. The van der Waals surface area contributed by atoms with Crippen molar-refractivity contribution in [3.63, 3.8) is 0 Å². The molecule has 0 radical (unpaired) electrons. The molecule has 0 bridgehead atoms. The van der Waals surface area contributed by atoms with Crippen LogP contribution in [-0.4, -0.2) is 14.1 Å². The van der Waals surface area contributed by atoms with Crippen LogP contribution in [0.15, 0.2) is 180 Å². The smallest absolute Gasteiger partial charge is 0.220 e. The molecule has 13 aromatic rings. The Morgan fingerprint density at radius 2 is 1.11 bits per heavy atom. The third kappa shape index (κ3) is 4.35. The van der Waals surface area contributed by atoms with Crippen LogP contribution in [0.3, 0.4) is 0 Å². The summed E-state index contributed by atoms with van der Waals surface area (Å²) >= 11 is 0. The van der Waals surface area contributed by atoms with Gasteiger partial charge in [0.15, 0.2) is 5.58 Å². The van der Waals surface area contributed by atoms with Crippen molar-refractivity contribution < 1.29 is 4.42 Å². The summed E-state index contributed by atoms with van der Waals surface area (Å²) in [6, 6.07) is 60.6. The molecule has 0 spiro atoms. The van der Waals surface area contributed by atoms with Crippen LogP contribution in [0.4, 0.5) is 5.69 Å². The molecule has 6 nitrogen and oxygen atoms in total. The number of benzene rings is 9. The molecule has 61 heavy (non-hydrogen) atoms. The Balaban J connectivity index is 1.34. The lowest BCUT2D eigenvalue weighted by atomic mass is 9.88. The van der Waals surface area contributed by atoms with Gasteiger partial charge in [-0.3, -0.25) is 4.98 Å². The van der Waals surface area contributed by atoms with E-state index in [0.29, 0.717) is 28.2 Å². The van der Waals surface area contributed by atoms with Crippen LogP contribution < -0.4 is 0 Å². The van der Waals surface area contributed by atoms with Crippen molar-refractivity contribution in [1.82, 2.24) is 14.1 Å². The fraction of sp³-hybridized carbons (Fsp3) is 0. The lowest BCUT2D eigenvalue weighted by molar-refractivity contribution is 0.671. The van der Waals surface area contributed by atoms with Gasteiger partial charge in [0, 0.05) is 60.4 Å². The minimum Gasteiger partial charge on any atom is -0.454 e. The van der Waals surface area contributed by atoms with E-state index in [1.807, 2.05) is 85.1 Å². The monoisotopic (exact) mass is 775 g/mol. The van der Waals surface area contributed by atoms with Gasteiger partial charge in [-0.2, -0.15) is 5.26 Å². The van der Waals surface area contributed by atoms with E-state index in [2.05, 4.69) is 111 Å². The zero-order valence-electron chi connectivity index (χ0n) is 32.4. The Morgan fingerprint density at radius 1 is 0.508 bits per heavy atom. The van der Waals surface area contributed by atoms with Crippen molar-refractivity contribution >= 4 is 92.9 Å². The minimum absolute atomic E-state index is 0.393. The molecular formula is C55H29N5O. The predicted molar refractivity (Wildman–Crippen MR) is 248 cm³/mol. The maximum Gasteiger partial charge on any atom is 0.220 e. The van der Waals surface area contributed by atoms with E-state index in [9.17, 15) is 11.8 Å². The highest BCUT2D eigenvalue weighted by molar-refractivity contribution is 6.34. The van der Waals surface area contributed by atoms with E-state index in [-0.39, 0.29) is 0 Å². The molecule has 0 aliphatic rings. The fourth-order valence-corrected chi connectivity index (χ4v) is 10.2. The SMILES string of the molecule is [C-]#[N+]c1c(-c2ccccc2)c(C#N)c(-n2c3ccccc3c3ccc4c5ccccc5oc4c32)c(-c2ccccc2)c1-n1c2cccc3c4cccnc4c4cccc1c4c32. The molecule has 4 heterocycles. The molecule has 0 fully saturated rings. The summed E-state index contributed by atoms with van der Waals surface area (Å²) in [6.07, 6.45) is 1.86. The zero-order chi connectivity index (χ0) is 40.3. The van der Waals surface area contributed by atoms with Crippen LogP contribution in [0, 0.1) is 17.9 Å². The van der Waals surface area contributed by atoms with Crippen molar-refractivity contribution in [2.45, 2.75) is 0 Å². The van der Waals surface area contributed by atoms with Crippen LogP contribution in [-0.2, 0) is 0 Å². The van der Waals surface area contributed by atoms with Gasteiger partial charge < -0.3 is 13.6 Å². The Hall–Kier alpha value is -8.71. The largest absolute Gasteiger partial charge is 0.454 e. The topological polar surface area (TPSA) is 64.0 Å². The standard InChI is InChI=1S/C55H29N5O/c1-57-51-46(32-15-4-2-5-16-32)41(31-56)52(60-42-24-10-8-19-34(42)38-28-29-39-35-20-9-11-27-45(35)61-55(39)53(38)60)47(33-17-6-3-7-18-33)54(51)59-43-25-12-21-36-37-23-14-30-58-50(37)40-22-13-26-44(59)49(40)48(36)43/h2-30H. The van der Waals surface area contributed by atoms with E-state index < -0.39 is 0 Å². The first-order valence-corrected chi connectivity index (χ1v) is 20.2. The molecular weight excluding hydrogens is 747 g/mol. The molecule has 9 aromatic carbocycles. The van der Waals surface area contributed by atoms with Crippen LogP contribution >= 0.6 is 0 Å². The molecule has 0 amide bonds. The molecule has 0 saturated carbocycles. The molecule has 4 aromatic heterocycles. The van der Waals surface area contributed by atoms with Gasteiger partial charge in [0.05, 0.1) is 51.1 Å². The van der Waals surface area contributed by atoms with Crippen LogP contribution in [0.2, 0.25) is 0 Å². The fourth-order valence-electron chi connectivity index (χ4n) is 10.2. The van der Waals surface area contributed by atoms with E-state index >= 15 is 0 Å². The molecule has 0 saturated heterocycles. The van der Waals surface area contributed by atoms with Crippen molar-refractivity contribution in [2.24, 2.45) is 0 Å². The van der Waals surface area contributed by atoms with E-state index in [4.69, 9.17) is 9.40 Å². The summed E-state index contributed by atoms with van der Waals surface area (Å²) in [6.45, 7) is 9.17. The quantitative estimate of drug-likeness (QED) is 0.132. The second-order valence-corrected chi connectivity index (χ2v) is 15.6. The molecule has 0 aliphatic carbocycles. The third-order valence-corrected chi connectivity index (χ3v) is 12.6. The minimum atomic E-state index is 0.393. The summed E-state index contributed by atoms with van der Waals surface area (Å²) in [5.41, 5.74) is 11.3. The number of para-hydroxylation sites is 2. The second kappa shape index (κ2) is 12.4. The number of rotatable bonds is 4. The van der Waals surface area contributed by atoms with Crippen molar-refractivity contribution in [1.29, 1.82) is 5.26 Å².